The van der Waals surface area contributed by atoms with Gasteiger partial charge in [0.1, 0.15) is 11.3 Å². The minimum absolute atomic E-state index is 0.142. The second-order valence-electron chi connectivity index (χ2n) is 6.82. The van der Waals surface area contributed by atoms with Crippen LogP contribution in [0, 0.1) is 0 Å². The summed E-state index contributed by atoms with van der Waals surface area (Å²) < 4.78 is 12.2. The number of carbonyl (C=O) groups excluding carboxylic acids is 1. The fraction of sp³-hybridized carbons (Fsp3) is 0.130. The Morgan fingerprint density at radius 2 is 1.97 bits per heavy atom. The monoisotopic (exact) mass is 422 g/mol. The minimum atomic E-state index is -0.212. The van der Waals surface area contributed by atoms with Crippen LogP contribution in [0.1, 0.15) is 11.1 Å². The number of pyridine rings is 1. The molecule has 2 aromatic carbocycles. The van der Waals surface area contributed by atoms with Crippen molar-refractivity contribution >= 4 is 34.2 Å². The highest BCUT2D eigenvalue weighted by Crippen LogP contribution is 2.26. The van der Waals surface area contributed by atoms with E-state index in [0.717, 1.165) is 16.5 Å². The fourth-order valence-electron chi connectivity index (χ4n) is 3.24. The SMILES string of the molecule is COc1ccc2c(CC(=O)Nc3ccc(=O)n(Cc4ccccc4Cl)c3)coc2c1. The van der Waals surface area contributed by atoms with Crippen molar-refractivity contribution in [2.75, 3.05) is 12.4 Å². The van der Waals surface area contributed by atoms with E-state index in [2.05, 4.69) is 5.32 Å². The molecule has 0 bridgehead atoms. The van der Waals surface area contributed by atoms with Gasteiger partial charge in [0, 0.05) is 34.3 Å². The largest absolute Gasteiger partial charge is 0.497 e. The van der Waals surface area contributed by atoms with Crippen LogP contribution in [0.2, 0.25) is 5.02 Å². The van der Waals surface area contributed by atoms with Crippen LogP contribution in [0.5, 0.6) is 5.75 Å². The Balaban J connectivity index is 1.50. The molecule has 0 fully saturated rings. The van der Waals surface area contributed by atoms with Crippen LogP contribution < -0.4 is 15.6 Å². The number of ether oxygens (including phenoxy) is 1. The number of rotatable bonds is 6. The predicted molar refractivity (Wildman–Crippen MR) is 116 cm³/mol. The van der Waals surface area contributed by atoms with Crippen LogP contribution >= 0.6 is 11.6 Å². The van der Waals surface area contributed by atoms with Gasteiger partial charge in [-0.1, -0.05) is 29.8 Å². The lowest BCUT2D eigenvalue weighted by molar-refractivity contribution is -0.115. The van der Waals surface area contributed by atoms with Gasteiger partial charge >= 0.3 is 0 Å². The van der Waals surface area contributed by atoms with Crippen molar-refractivity contribution in [3.63, 3.8) is 0 Å². The van der Waals surface area contributed by atoms with Crippen LogP contribution in [-0.4, -0.2) is 17.6 Å². The zero-order chi connectivity index (χ0) is 21.1. The zero-order valence-corrected chi connectivity index (χ0v) is 17.0. The number of fused-ring (bicyclic) bond motifs is 1. The third-order valence-corrected chi connectivity index (χ3v) is 5.15. The maximum absolute atomic E-state index is 12.6. The van der Waals surface area contributed by atoms with Gasteiger partial charge in [0.15, 0.2) is 0 Å². The molecule has 0 saturated heterocycles. The molecule has 4 rings (SSSR count). The van der Waals surface area contributed by atoms with Crippen molar-refractivity contribution in [2.24, 2.45) is 0 Å². The third-order valence-electron chi connectivity index (χ3n) is 4.78. The van der Waals surface area contributed by atoms with Crippen molar-refractivity contribution in [1.29, 1.82) is 0 Å². The highest BCUT2D eigenvalue weighted by molar-refractivity contribution is 6.31. The average Bonchev–Trinajstić information content (AvgIpc) is 3.13. The van der Waals surface area contributed by atoms with Crippen molar-refractivity contribution in [3.05, 3.63) is 93.6 Å². The number of carbonyl (C=O) groups is 1. The quantitative estimate of drug-likeness (QED) is 0.497. The molecular formula is C23H19ClN2O4. The molecular weight excluding hydrogens is 404 g/mol. The number of aromatic nitrogens is 1. The van der Waals surface area contributed by atoms with Gasteiger partial charge in [0.25, 0.3) is 5.56 Å². The smallest absolute Gasteiger partial charge is 0.250 e. The maximum Gasteiger partial charge on any atom is 0.250 e. The zero-order valence-electron chi connectivity index (χ0n) is 16.2. The number of furan rings is 1. The molecule has 0 unspecified atom stereocenters. The summed E-state index contributed by atoms with van der Waals surface area (Å²) >= 11 is 6.19. The van der Waals surface area contributed by atoms with Crippen LogP contribution in [0.25, 0.3) is 11.0 Å². The Hall–Kier alpha value is -3.51. The van der Waals surface area contributed by atoms with Crippen LogP contribution in [0.3, 0.4) is 0 Å². The molecule has 7 heteroatoms. The Morgan fingerprint density at radius 3 is 2.77 bits per heavy atom. The lowest BCUT2D eigenvalue weighted by atomic mass is 10.1. The van der Waals surface area contributed by atoms with Gasteiger partial charge in [-0.05, 0) is 29.8 Å². The molecule has 0 atom stereocenters. The van der Waals surface area contributed by atoms with Crippen LogP contribution in [0.4, 0.5) is 5.69 Å². The summed E-state index contributed by atoms with van der Waals surface area (Å²) in [5.41, 5.74) is 2.61. The summed E-state index contributed by atoms with van der Waals surface area (Å²) in [5, 5.41) is 4.28. The fourth-order valence-corrected chi connectivity index (χ4v) is 3.44. The van der Waals surface area contributed by atoms with E-state index in [9.17, 15) is 9.59 Å². The lowest BCUT2D eigenvalue weighted by Crippen LogP contribution is -2.21. The van der Waals surface area contributed by atoms with Gasteiger partial charge in [-0.15, -0.1) is 0 Å². The Labute approximate surface area is 177 Å². The average molecular weight is 423 g/mol. The molecule has 0 aliphatic carbocycles. The number of nitrogens with zero attached hydrogens (tertiary/aromatic N) is 1. The number of anilines is 1. The molecule has 2 heterocycles. The Morgan fingerprint density at radius 1 is 1.13 bits per heavy atom. The number of nitrogens with one attached hydrogen (secondary N) is 1. The van der Waals surface area contributed by atoms with Gasteiger partial charge in [-0.3, -0.25) is 9.59 Å². The van der Waals surface area contributed by atoms with Crippen molar-refractivity contribution in [3.8, 4) is 5.75 Å². The van der Waals surface area contributed by atoms with E-state index < -0.39 is 0 Å². The molecule has 152 valence electrons. The van der Waals surface area contributed by atoms with E-state index in [1.165, 1.54) is 10.6 Å². The first-order valence-corrected chi connectivity index (χ1v) is 9.69. The first-order valence-electron chi connectivity index (χ1n) is 9.31. The van der Waals surface area contributed by atoms with Crippen LogP contribution in [-0.2, 0) is 17.8 Å². The number of methoxy groups -OCH3 is 1. The molecule has 0 radical (unpaired) electrons. The van der Waals surface area contributed by atoms with E-state index in [1.54, 1.807) is 37.8 Å². The molecule has 30 heavy (non-hydrogen) atoms. The normalized spacial score (nSPS) is 10.9. The van der Waals surface area contributed by atoms with Crippen molar-refractivity contribution < 1.29 is 13.9 Å². The standard InChI is InChI=1S/C23H19ClN2O4/c1-29-18-7-8-19-16(14-30-21(19)11-18)10-22(27)25-17-6-9-23(28)26(13-17)12-15-4-2-3-5-20(15)24/h2-9,11,13-14H,10,12H2,1H3,(H,25,27). The number of amides is 1. The number of benzene rings is 2. The summed E-state index contributed by atoms with van der Waals surface area (Å²) in [6, 6.07) is 15.8. The summed E-state index contributed by atoms with van der Waals surface area (Å²) in [5.74, 6) is 0.477. The van der Waals surface area contributed by atoms with Crippen molar-refractivity contribution in [2.45, 2.75) is 13.0 Å². The Kier molecular flexibility index (Phi) is 5.59. The molecule has 2 aromatic heterocycles. The summed E-state index contributed by atoms with van der Waals surface area (Å²) in [6.45, 7) is 0.316. The van der Waals surface area contributed by atoms with Gasteiger partial charge in [-0.25, -0.2) is 0 Å². The predicted octanol–water partition coefficient (Wildman–Crippen LogP) is 4.49. The van der Waals surface area contributed by atoms with Crippen LogP contribution in [0.15, 0.2) is 76.3 Å². The van der Waals surface area contributed by atoms with Gasteiger partial charge in [0.2, 0.25) is 5.91 Å². The maximum atomic E-state index is 12.6. The molecule has 1 N–H and O–H groups in total. The summed E-state index contributed by atoms with van der Waals surface area (Å²) in [6.07, 6.45) is 3.33. The third kappa shape index (κ3) is 4.23. The van der Waals surface area contributed by atoms with Gasteiger partial charge in [0.05, 0.1) is 32.0 Å². The molecule has 0 spiro atoms. The highest BCUT2D eigenvalue weighted by Gasteiger charge is 2.12. The van der Waals surface area contributed by atoms with Gasteiger partial charge in [-0.2, -0.15) is 0 Å². The van der Waals surface area contributed by atoms with Crippen molar-refractivity contribution in [1.82, 2.24) is 4.57 Å². The summed E-state index contributed by atoms with van der Waals surface area (Å²) in [7, 11) is 1.59. The minimum Gasteiger partial charge on any atom is -0.497 e. The van der Waals surface area contributed by atoms with E-state index in [4.69, 9.17) is 20.8 Å². The Bertz CT molecular complexity index is 1280. The number of hydrogen-bond donors (Lipinski definition) is 1. The van der Waals surface area contributed by atoms with E-state index >= 15 is 0 Å². The first kappa shape index (κ1) is 19.8. The van der Waals surface area contributed by atoms with Gasteiger partial charge < -0.3 is 19.0 Å². The lowest BCUT2D eigenvalue weighted by Gasteiger charge is -2.10. The number of hydrogen-bond acceptors (Lipinski definition) is 4. The molecule has 0 saturated carbocycles. The first-order chi connectivity index (χ1) is 14.5. The van der Waals surface area contributed by atoms with E-state index in [0.29, 0.717) is 28.6 Å². The summed E-state index contributed by atoms with van der Waals surface area (Å²) in [4.78, 5) is 24.8. The topological polar surface area (TPSA) is 73.5 Å². The highest BCUT2D eigenvalue weighted by atomic mass is 35.5. The second kappa shape index (κ2) is 8.47. The molecule has 0 aliphatic rings. The number of halogens is 1. The molecule has 6 nitrogen and oxygen atoms in total. The van der Waals surface area contributed by atoms with E-state index in [-0.39, 0.29) is 17.9 Å². The molecule has 1 amide bonds. The second-order valence-corrected chi connectivity index (χ2v) is 7.23. The molecule has 4 aromatic rings. The van der Waals surface area contributed by atoms with E-state index in [1.807, 2.05) is 30.3 Å². The molecule has 0 aliphatic heterocycles.